The number of piperidine rings is 1. The van der Waals surface area contributed by atoms with Crippen molar-refractivity contribution in [3.63, 3.8) is 0 Å². The van der Waals surface area contributed by atoms with Gasteiger partial charge in [0, 0.05) is 29.2 Å². The van der Waals surface area contributed by atoms with Gasteiger partial charge in [-0.3, -0.25) is 0 Å². The standard InChI is InChI=1S/C13H17BrN2/c1-16-9-13(4-6-15-7-5-13)11-8-10(14)2-3-12(11)16/h2-3,8,15H,4-7,9H2,1H3. The lowest BCUT2D eigenvalue weighted by molar-refractivity contribution is 0.327. The van der Waals surface area contributed by atoms with Crippen LogP contribution in [0.2, 0.25) is 0 Å². The predicted molar refractivity (Wildman–Crippen MR) is 71.2 cm³/mol. The number of fused-ring (bicyclic) bond motifs is 2. The van der Waals surface area contributed by atoms with Gasteiger partial charge in [-0.2, -0.15) is 0 Å². The van der Waals surface area contributed by atoms with E-state index in [1.807, 2.05) is 0 Å². The van der Waals surface area contributed by atoms with Crippen molar-refractivity contribution in [2.75, 3.05) is 31.6 Å². The Hall–Kier alpha value is -0.540. The second-order valence-corrected chi connectivity index (χ2v) is 5.96. The van der Waals surface area contributed by atoms with E-state index in [1.54, 1.807) is 5.56 Å². The van der Waals surface area contributed by atoms with Gasteiger partial charge in [-0.05, 0) is 49.7 Å². The average Bonchev–Trinajstić information content (AvgIpc) is 2.53. The molecule has 1 fully saturated rings. The van der Waals surface area contributed by atoms with Crippen molar-refractivity contribution in [2.24, 2.45) is 0 Å². The number of rotatable bonds is 0. The summed E-state index contributed by atoms with van der Waals surface area (Å²) in [7, 11) is 2.21. The van der Waals surface area contributed by atoms with E-state index in [4.69, 9.17) is 0 Å². The summed E-state index contributed by atoms with van der Waals surface area (Å²) in [5.74, 6) is 0. The molecule has 86 valence electrons. The molecule has 1 N–H and O–H groups in total. The van der Waals surface area contributed by atoms with Gasteiger partial charge in [0.1, 0.15) is 0 Å². The Morgan fingerprint density at radius 1 is 1.31 bits per heavy atom. The molecule has 16 heavy (non-hydrogen) atoms. The van der Waals surface area contributed by atoms with Crippen LogP contribution < -0.4 is 10.2 Å². The molecule has 3 rings (SSSR count). The van der Waals surface area contributed by atoms with E-state index < -0.39 is 0 Å². The predicted octanol–water partition coefficient (Wildman–Crippen LogP) is 2.52. The molecule has 0 amide bonds. The molecule has 0 atom stereocenters. The molecule has 0 unspecified atom stereocenters. The van der Waals surface area contributed by atoms with Crippen LogP contribution in [0.25, 0.3) is 0 Å². The molecule has 1 spiro atoms. The molecule has 1 aromatic carbocycles. The topological polar surface area (TPSA) is 15.3 Å². The normalized spacial score (nSPS) is 22.5. The Labute approximate surface area is 105 Å². The third kappa shape index (κ3) is 1.49. The minimum absolute atomic E-state index is 0.402. The van der Waals surface area contributed by atoms with Gasteiger partial charge in [0.15, 0.2) is 0 Å². The van der Waals surface area contributed by atoms with E-state index in [1.165, 1.54) is 29.5 Å². The molecule has 2 heterocycles. The van der Waals surface area contributed by atoms with Crippen LogP contribution in [0, 0.1) is 0 Å². The number of anilines is 1. The molecule has 1 saturated heterocycles. The summed E-state index contributed by atoms with van der Waals surface area (Å²) >= 11 is 3.60. The maximum atomic E-state index is 3.60. The molecule has 0 radical (unpaired) electrons. The minimum Gasteiger partial charge on any atom is -0.373 e. The van der Waals surface area contributed by atoms with Gasteiger partial charge in [0.25, 0.3) is 0 Å². The number of nitrogens with one attached hydrogen (secondary N) is 1. The average molecular weight is 281 g/mol. The lowest BCUT2D eigenvalue weighted by Gasteiger charge is -2.34. The monoisotopic (exact) mass is 280 g/mol. The van der Waals surface area contributed by atoms with Crippen molar-refractivity contribution in [3.8, 4) is 0 Å². The first-order valence-corrected chi connectivity index (χ1v) is 6.72. The number of hydrogen-bond acceptors (Lipinski definition) is 2. The molecule has 0 aliphatic carbocycles. The van der Waals surface area contributed by atoms with E-state index in [2.05, 4.69) is 51.4 Å². The Bertz CT molecular complexity index is 410. The molecule has 1 aromatic rings. The summed E-state index contributed by atoms with van der Waals surface area (Å²) in [6.45, 7) is 3.49. The molecular formula is C13H17BrN2. The van der Waals surface area contributed by atoms with Gasteiger partial charge in [-0.25, -0.2) is 0 Å². The zero-order valence-corrected chi connectivity index (χ0v) is 11.2. The fourth-order valence-electron chi connectivity index (χ4n) is 3.22. The Balaban J connectivity index is 2.09. The zero-order valence-electron chi connectivity index (χ0n) is 9.59. The van der Waals surface area contributed by atoms with Crippen molar-refractivity contribution in [2.45, 2.75) is 18.3 Å². The van der Waals surface area contributed by atoms with Crippen LogP contribution in [0.5, 0.6) is 0 Å². The summed E-state index contributed by atoms with van der Waals surface area (Å²) < 4.78 is 1.21. The van der Waals surface area contributed by atoms with Crippen molar-refractivity contribution < 1.29 is 0 Å². The van der Waals surface area contributed by atoms with Crippen LogP contribution >= 0.6 is 15.9 Å². The van der Waals surface area contributed by atoms with Crippen molar-refractivity contribution in [1.29, 1.82) is 0 Å². The summed E-state index contributed by atoms with van der Waals surface area (Å²) in [5, 5.41) is 3.47. The smallest absolute Gasteiger partial charge is 0.0403 e. The highest BCUT2D eigenvalue weighted by atomic mass is 79.9. The first-order chi connectivity index (χ1) is 7.71. The highest BCUT2D eigenvalue weighted by molar-refractivity contribution is 9.10. The number of halogens is 1. The van der Waals surface area contributed by atoms with Crippen molar-refractivity contribution in [1.82, 2.24) is 5.32 Å². The summed E-state index contributed by atoms with van der Waals surface area (Å²) in [6, 6.07) is 6.72. The molecule has 2 nitrogen and oxygen atoms in total. The molecule has 0 saturated carbocycles. The van der Waals surface area contributed by atoms with E-state index in [0.29, 0.717) is 5.41 Å². The highest BCUT2D eigenvalue weighted by Crippen LogP contribution is 2.46. The maximum absolute atomic E-state index is 3.60. The molecule has 2 aliphatic rings. The quantitative estimate of drug-likeness (QED) is 0.786. The first-order valence-electron chi connectivity index (χ1n) is 5.93. The summed E-state index contributed by atoms with van der Waals surface area (Å²) in [5.41, 5.74) is 3.37. The SMILES string of the molecule is CN1CC2(CCNCC2)c2cc(Br)ccc21. The third-order valence-electron chi connectivity index (χ3n) is 4.04. The fraction of sp³-hybridized carbons (Fsp3) is 0.538. The number of nitrogens with zero attached hydrogens (tertiary/aromatic N) is 1. The van der Waals surface area contributed by atoms with Crippen molar-refractivity contribution in [3.05, 3.63) is 28.2 Å². The summed E-state index contributed by atoms with van der Waals surface area (Å²) in [6.07, 6.45) is 2.53. The molecule has 0 bridgehead atoms. The van der Waals surface area contributed by atoms with E-state index >= 15 is 0 Å². The lowest BCUT2D eigenvalue weighted by atomic mass is 9.75. The van der Waals surface area contributed by atoms with Crippen LogP contribution in [-0.4, -0.2) is 26.7 Å². The van der Waals surface area contributed by atoms with E-state index in [9.17, 15) is 0 Å². The highest BCUT2D eigenvalue weighted by Gasteiger charge is 2.42. The van der Waals surface area contributed by atoms with Gasteiger partial charge in [0.05, 0.1) is 0 Å². The van der Waals surface area contributed by atoms with Crippen LogP contribution in [0.4, 0.5) is 5.69 Å². The zero-order chi connectivity index (χ0) is 11.2. The largest absolute Gasteiger partial charge is 0.373 e. The second-order valence-electron chi connectivity index (χ2n) is 5.05. The summed E-state index contributed by atoms with van der Waals surface area (Å²) in [4.78, 5) is 2.41. The van der Waals surface area contributed by atoms with Gasteiger partial charge >= 0.3 is 0 Å². The first kappa shape index (κ1) is 10.6. The van der Waals surface area contributed by atoms with Gasteiger partial charge in [-0.15, -0.1) is 0 Å². The molecular weight excluding hydrogens is 264 g/mol. The lowest BCUT2D eigenvalue weighted by Crippen LogP contribution is -2.42. The van der Waals surface area contributed by atoms with Gasteiger partial charge in [-0.1, -0.05) is 15.9 Å². The van der Waals surface area contributed by atoms with Crippen molar-refractivity contribution >= 4 is 21.6 Å². The van der Waals surface area contributed by atoms with Crippen LogP contribution in [-0.2, 0) is 5.41 Å². The molecule has 2 aliphatic heterocycles. The molecule has 0 aromatic heterocycles. The van der Waals surface area contributed by atoms with E-state index in [-0.39, 0.29) is 0 Å². The van der Waals surface area contributed by atoms with Gasteiger partial charge in [0.2, 0.25) is 0 Å². The minimum atomic E-state index is 0.402. The number of likely N-dealkylation sites (N-methyl/N-ethyl adjacent to an activating group) is 1. The third-order valence-corrected chi connectivity index (χ3v) is 4.53. The number of hydrogen-bond donors (Lipinski definition) is 1. The Morgan fingerprint density at radius 2 is 2.06 bits per heavy atom. The second kappa shape index (κ2) is 3.74. The fourth-order valence-corrected chi connectivity index (χ4v) is 3.58. The molecule has 3 heteroatoms. The number of benzene rings is 1. The van der Waals surface area contributed by atoms with E-state index in [0.717, 1.165) is 13.1 Å². The van der Waals surface area contributed by atoms with Gasteiger partial charge < -0.3 is 10.2 Å². The van der Waals surface area contributed by atoms with Crippen LogP contribution in [0.3, 0.4) is 0 Å². The maximum Gasteiger partial charge on any atom is 0.0403 e. The Morgan fingerprint density at radius 3 is 2.81 bits per heavy atom. The van der Waals surface area contributed by atoms with Crippen LogP contribution in [0.1, 0.15) is 18.4 Å². The Kier molecular flexibility index (Phi) is 2.48. The van der Waals surface area contributed by atoms with Crippen LogP contribution in [0.15, 0.2) is 22.7 Å².